The van der Waals surface area contributed by atoms with Crippen LogP contribution in [-0.2, 0) is 16.1 Å². The number of amides is 2. The van der Waals surface area contributed by atoms with Crippen LogP contribution in [0, 0.1) is 5.92 Å². The average molecular weight is 323 g/mol. The lowest BCUT2D eigenvalue weighted by molar-refractivity contribution is -0.127. The molecule has 1 fully saturated rings. The minimum absolute atomic E-state index is 0.164. The van der Waals surface area contributed by atoms with Gasteiger partial charge >= 0.3 is 6.09 Å². The number of carbonyl (C=O) groups excluding carboxylic acids is 2. The molecule has 1 aliphatic heterocycles. The third-order valence-corrected chi connectivity index (χ3v) is 3.45. The van der Waals surface area contributed by atoms with Gasteiger partial charge in [-0.05, 0) is 39.3 Å². The summed E-state index contributed by atoms with van der Waals surface area (Å²) in [5, 5.41) is 2.66. The number of likely N-dealkylation sites (tertiary alicyclic amines) is 1. The van der Waals surface area contributed by atoms with Crippen LogP contribution in [0.15, 0.2) is 24.4 Å². The van der Waals surface area contributed by atoms with E-state index >= 15 is 0 Å². The van der Waals surface area contributed by atoms with Crippen LogP contribution in [0.5, 0.6) is 0 Å². The van der Waals surface area contributed by atoms with E-state index in [1.54, 1.807) is 39.1 Å². The molecule has 0 saturated carbocycles. The first-order chi connectivity index (χ1) is 10.8. The van der Waals surface area contributed by atoms with E-state index in [2.05, 4.69) is 10.3 Å². The zero-order valence-corrected chi connectivity index (χ0v) is 13.6. The van der Waals surface area contributed by atoms with E-state index in [1.165, 1.54) is 0 Å². The summed E-state index contributed by atoms with van der Waals surface area (Å²) in [6.45, 7) is 5.54. The summed E-state index contributed by atoms with van der Waals surface area (Å²) in [5.74, 6) is -1.31. The molecule has 0 bridgehead atoms. The molecule has 2 atom stereocenters. The molecule has 0 aromatic carbocycles. The summed E-state index contributed by atoms with van der Waals surface area (Å²) in [6.07, 6.45) is -0.508. The van der Waals surface area contributed by atoms with Crippen LogP contribution < -0.4 is 5.32 Å². The predicted octanol–water partition coefficient (Wildman–Crippen LogP) is 2.25. The number of hydrogen-bond donors (Lipinski definition) is 1. The molecule has 1 aromatic rings. The van der Waals surface area contributed by atoms with Crippen LogP contribution in [0.25, 0.3) is 0 Å². The molecule has 2 heterocycles. The lowest BCUT2D eigenvalue weighted by atomic mass is 10.1. The molecule has 2 unspecified atom stereocenters. The molecule has 1 aliphatic rings. The molecule has 1 N–H and O–H groups in total. The first kappa shape index (κ1) is 17.2. The second kappa shape index (κ2) is 6.93. The van der Waals surface area contributed by atoms with Gasteiger partial charge in [0, 0.05) is 12.7 Å². The van der Waals surface area contributed by atoms with Crippen molar-refractivity contribution in [1.82, 2.24) is 15.2 Å². The standard InChI is InChI=1S/C16H22FN3O3/c1-16(2,3)23-15(22)20-9-7-12(13(20)17)14(21)19-10-11-6-4-5-8-18-11/h4-6,8,12-13H,7,9-10H2,1-3H3,(H,19,21). The summed E-state index contributed by atoms with van der Waals surface area (Å²) in [6, 6.07) is 5.36. The largest absolute Gasteiger partial charge is 0.444 e. The molecule has 0 radical (unpaired) electrons. The number of aromatic nitrogens is 1. The van der Waals surface area contributed by atoms with Crippen molar-refractivity contribution >= 4 is 12.0 Å². The van der Waals surface area contributed by atoms with Gasteiger partial charge in [0.15, 0.2) is 6.30 Å². The molecule has 23 heavy (non-hydrogen) atoms. The Hall–Kier alpha value is -2.18. The smallest absolute Gasteiger partial charge is 0.412 e. The third-order valence-electron chi connectivity index (χ3n) is 3.45. The number of ether oxygens (including phenoxy) is 1. The van der Waals surface area contributed by atoms with Gasteiger partial charge in [0.05, 0.1) is 18.2 Å². The molecule has 2 amide bonds. The van der Waals surface area contributed by atoms with Crippen molar-refractivity contribution in [3.8, 4) is 0 Å². The number of alkyl halides is 1. The quantitative estimate of drug-likeness (QED) is 0.866. The maximum atomic E-state index is 14.4. The third kappa shape index (κ3) is 4.64. The highest BCUT2D eigenvalue weighted by molar-refractivity contribution is 5.81. The second-order valence-electron chi connectivity index (χ2n) is 6.48. The zero-order valence-electron chi connectivity index (χ0n) is 13.6. The highest BCUT2D eigenvalue weighted by Gasteiger charge is 2.42. The fourth-order valence-electron chi connectivity index (χ4n) is 2.34. The van der Waals surface area contributed by atoms with E-state index in [-0.39, 0.29) is 19.5 Å². The van der Waals surface area contributed by atoms with Crippen molar-refractivity contribution < 1.29 is 18.7 Å². The Morgan fingerprint density at radius 3 is 2.78 bits per heavy atom. The Kier molecular flexibility index (Phi) is 5.18. The van der Waals surface area contributed by atoms with Crippen molar-refractivity contribution in [3.63, 3.8) is 0 Å². The van der Waals surface area contributed by atoms with Crippen molar-refractivity contribution in [2.45, 2.75) is 45.6 Å². The SMILES string of the molecule is CC(C)(C)OC(=O)N1CCC(C(=O)NCc2ccccn2)C1F. The Morgan fingerprint density at radius 1 is 1.43 bits per heavy atom. The first-order valence-corrected chi connectivity index (χ1v) is 7.59. The number of halogens is 1. The fourth-order valence-corrected chi connectivity index (χ4v) is 2.34. The number of hydrogen-bond acceptors (Lipinski definition) is 4. The van der Waals surface area contributed by atoms with Crippen LogP contribution >= 0.6 is 0 Å². The van der Waals surface area contributed by atoms with Gasteiger partial charge in [-0.2, -0.15) is 0 Å². The summed E-state index contributed by atoms with van der Waals surface area (Å²) in [7, 11) is 0. The van der Waals surface area contributed by atoms with E-state index in [4.69, 9.17) is 4.74 Å². The summed E-state index contributed by atoms with van der Waals surface area (Å²) in [4.78, 5) is 29.1. The Morgan fingerprint density at radius 2 is 2.17 bits per heavy atom. The van der Waals surface area contributed by atoms with Crippen LogP contribution in [0.4, 0.5) is 9.18 Å². The van der Waals surface area contributed by atoms with Crippen molar-refractivity contribution in [3.05, 3.63) is 30.1 Å². The molecule has 2 rings (SSSR count). The van der Waals surface area contributed by atoms with Crippen molar-refractivity contribution in [2.24, 2.45) is 5.92 Å². The van der Waals surface area contributed by atoms with E-state index in [1.807, 2.05) is 6.07 Å². The Balaban J connectivity index is 1.89. The van der Waals surface area contributed by atoms with Gasteiger partial charge in [-0.3, -0.25) is 14.7 Å². The normalized spacial score (nSPS) is 21.1. The predicted molar refractivity (Wildman–Crippen MR) is 82.0 cm³/mol. The fraction of sp³-hybridized carbons (Fsp3) is 0.562. The topological polar surface area (TPSA) is 71.5 Å². The first-order valence-electron chi connectivity index (χ1n) is 7.59. The monoisotopic (exact) mass is 323 g/mol. The average Bonchev–Trinajstić information content (AvgIpc) is 2.86. The molecular weight excluding hydrogens is 301 g/mol. The zero-order chi connectivity index (χ0) is 17.0. The van der Waals surface area contributed by atoms with Gasteiger partial charge in [0.1, 0.15) is 5.60 Å². The summed E-state index contributed by atoms with van der Waals surface area (Å²) in [5.41, 5.74) is -0.00546. The molecule has 6 nitrogen and oxygen atoms in total. The second-order valence-corrected chi connectivity index (χ2v) is 6.48. The van der Waals surface area contributed by atoms with E-state index in [0.717, 1.165) is 4.90 Å². The van der Waals surface area contributed by atoms with Gasteiger partial charge in [-0.15, -0.1) is 0 Å². The van der Waals surface area contributed by atoms with Crippen LogP contribution in [0.2, 0.25) is 0 Å². The number of carbonyl (C=O) groups is 2. The van der Waals surface area contributed by atoms with Crippen molar-refractivity contribution in [2.75, 3.05) is 6.54 Å². The Bertz CT molecular complexity index is 559. The Labute approximate surface area is 135 Å². The van der Waals surface area contributed by atoms with Gasteiger partial charge in [-0.1, -0.05) is 6.07 Å². The lowest BCUT2D eigenvalue weighted by Gasteiger charge is -2.26. The summed E-state index contributed by atoms with van der Waals surface area (Å²) >= 11 is 0. The number of rotatable bonds is 3. The molecule has 1 aromatic heterocycles. The molecule has 126 valence electrons. The number of pyridine rings is 1. The minimum Gasteiger partial charge on any atom is -0.444 e. The van der Waals surface area contributed by atoms with Crippen molar-refractivity contribution in [1.29, 1.82) is 0 Å². The maximum Gasteiger partial charge on any atom is 0.412 e. The maximum absolute atomic E-state index is 14.4. The van der Waals surface area contributed by atoms with Gasteiger partial charge in [0.25, 0.3) is 0 Å². The highest BCUT2D eigenvalue weighted by atomic mass is 19.1. The van der Waals surface area contributed by atoms with Gasteiger partial charge < -0.3 is 10.1 Å². The van der Waals surface area contributed by atoms with Gasteiger partial charge in [-0.25, -0.2) is 9.18 Å². The number of nitrogens with zero attached hydrogens (tertiary/aromatic N) is 2. The van der Waals surface area contributed by atoms with Gasteiger partial charge in [0.2, 0.25) is 5.91 Å². The minimum atomic E-state index is -1.67. The van der Waals surface area contributed by atoms with Crippen LogP contribution in [0.1, 0.15) is 32.9 Å². The van der Waals surface area contributed by atoms with E-state index in [9.17, 15) is 14.0 Å². The highest BCUT2D eigenvalue weighted by Crippen LogP contribution is 2.27. The van der Waals surface area contributed by atoms with E-state index < -0.39 is 29.8 Å². The lowest BCUT2D eigenvalue weighted by Crippen LogP contribution is -2.42. The molecule has 7 heteroatoms. The van der Waals surface area contributed by atoms with Crippen LogP contribution in [-0.4, -0.2) is 40.3 Å². The molecular formula is C16H22FN3O3. The molecule has 0 aliphatic carbocycles. The molecule has 1 saturated heterocycles. The summed E-state index contributed by atoms with van der Waals surface area (Å²) < 4.78 is 19.6. The number of nitrogens with one attached hydrogen (secondary N) is 1. The van der Waals surface area contributed by atoms with Crippen LogP contribution in [0.3, 0.4) is 0 Å². The van der Waals surface area contributed by atoms with E-state index in [0.29, 0.717) is 5.69 Å². The molecule has 0 spiro atoms.